The van der Waals surface area contributed by atoms with Crippen LogP contribution in [0.3, 0.4) is 0 Å². The normalized spacial score (nSPS) is 16.5. The molecule has 174 valence electrons. The largest absolute Gasteiger partial charge is 0.497 e. The highest BCUT2D eigenvalue weighted by atomic mass is 19.1. The highest BCUT2D eigenvalue weighted by Gasteiger charge is 2.26. The monoisotopic (exact) mass is 452 g/mol. The van der Waals surface area contributed by atoms with Crippen LogP contribution in [-0.4, -0.2) is 47.7 Å². The molecule has 2 heterocycles. The van der Waals surface area contributed by atoms with Gasteiger partial charge in [0.05, 0.1) is 19.6 Å². The van der Waals surface area contributed by atoms with E-state index in [2.05, 4.69) is 20.4 Å². The molecule has 3 aromatic rings. The third-order valence-electron chi connectivity index (χ3n) is 5.91. The second kappa shape index (κ2) is 11.0. The Bertz CT molecular complexity index is 1040. The number of aryl methyl sites for hydroxylation is 1. The van der Waals surface area contributed by atoms with Crippen LogP contribution in [-0.2, 0) is 17.8 Å². The number of rotatable bonds is 9. The molecule has 1 aliphatic rings. The van der Waals surface area contributed by atoms with Crippen molar-refractivity contribution in [3.8, 4) is 17.1 Å². The SMILES string of the molecule is COc1ccc(-c2noc(CN3CCCC(C(=O)NCCCc4ccc(F)cc4)C3)n2)cc1. The first-order valence-corrected chi connectivity index (χ1v) is 11.3. The molecule has 1 N–H and O–H groups in total. The van der Waals surface area contributed by atoms with E-state index in [0.29, 0.717) is 31.3 Å². The minimum atomic E-state index is -0.230. The molecule has 1 aliphatic heterocycles. The van der Waals surface area contributed by atoms with Gasteiger partial charge in [0.2, 0.25) is 17.6 Å². The first kappa shape index (κ1) is 22.9. The van der Waals surface area contributed by atoms with Crippen molar-refractivity contribution in [1.82, 2.24) is 20.4 Å². The second-order valence-electron chi connectivity index (χ2n) is 8.34. The molecule has 2 aromatic carbocycles. The van der Waals surface area contributed by atoms with Gasteiger partial charge in [0.1, 0.15) is 11.6 Å². The molecule has 8 heteroatoms. The number of aromatic nitrogens is 2. The molecule has 33 heavy (non-hydrogen) atoms. The van der Waals surface area contributed by atoms with Crippen molar-refractivity contribution >= 4 is 5.91 Å². The van der Waals surface area contributed by atoms with Crippen molar-refractivity contribution in [3.05, 3.63) is 65.8 Å². The number of nitrogens with zero attached hydrogens (tertiary/aromatic N) is 3. The Hall–Kier alpha value is -3.26. The van der Waals surface area contributed by atoms with E-state index in [1.54, 1.807) is 19.2 Å². The highest BCUT2D eigenvalue weighted by molar-refractivity contribution is 5.78. The average molecular weight is 453 g/mol. The Labute approximate surface area is 192 Å². The molecule has 0 spiro atoms. The number of ether oxygens (including phenoxy) is 1. The van der Waals surface area contributed by atoms with Crippen molar-refractivity contribution in [3.63, 3.8) is 0 Å². The second-order valence-corrected chi connectivity index (χ2v) is 8.34. The quantitative estimate of drug-likeness (QED) is 0.497. The summed E-state index contributed by atoms with van der Waals surface area (Å²) in [6.45, 7) is 2.71. The zero-order valence-corrected chi connectivity index (χ0v) is 18.8. The van der Waals surface area contributed by atoms with Crippen molar-refractivity contribution < 1.29 is 18.4 Å². The molecule has 1 saturated heterocycles. The first-order chi connectivity index (χ1) is 16.1. The molecular formula is C25H29FN4O3. The van der Waals surface area contributed by atoms with E-state index in [1.807, 2.05) is 24.3 Å². The molecule has 0 aliphatic carbocycles. The number of carbonyl (C=O) groups excluding carboxylic acids is 1. The maximum atomic E-state index is 13.0. The van der Waals surface area contributed by atoms with Crippen molar-refractivity contribution in [1.29, 1.82) is 0 Å². The van der Waals surface area contributed by atoms with Crippen LogP contribution in [0, 0.1) is 11.7 Å². The average Bonchev–Trinajstić information content (AvgIpc) is 3.31. The number of benzene rings is 2. The Morgan fingerprint density at radius 2 is 2.00 bits per heavy atom. The Balaban J connectivity index is 1.23. The molecule has 1 atom stereocenters. The van der Waals surface area contributed by atoms with Crippen LogP contribution >= 0.6 is 0 Å². The lowest BCUT2D eigenvalue weighted by Gasteiger charge is -2.30. The summed E-state index contributed by atoms with van der Waals surface area (Å²) in [5.41, 5.74) is 1.94. The number of methoxy groups -OCH3 is 1. The van der Waals surface area contributed by atoms with Crippen LogP contribution in [0.4, 0.5) is 4.39 Å². The lowest BCUT2D eigenvalue weighted by atomic mass is 9.97. The summed E-state index contributed by atoms with van der Waals surface area (Å²) in [4.78, 5) is 19.3. The number of hydrogen-bond acceptors (Lipinski definition) is 6. The van der Waals surface area contributed by atoms with Crippen molar-refractivity contribution in [2.24, 2.45) is 5.92 Å². The van der Waals surface area contributed by atoms with E-state index in [9.17, 15) is 9.18 Å². The summed E-state index contributed by atoms with van der Waals surface area (Å²) in [6, 6.07) is 14.0. The fourth-order valence-electron chi connectivity index (χ4n) is 4.08. The molecule has 0 bridgehead atoms. The summed E-state index contributed by atoms with van der Waals surface area (Å²) < 4.78 is 23.6. The maximum Gasteiger partial charge on any atom is 0.241 e. The summed E-state index contributed by atoms with van der Waals surface area (Å²) in [6.07, 6.45) is 3.46. The van der Waals surface area contributed by atoms with E-state index >= 15 is 0 Å². The number of likely N-dealkylation sites (tertiary alicyclic amines) is 1. The smallest absolute Gasteiger partial charge is 0.241 e. The standard InChI is InChI=1S/C25H29FN4O3/c1-32-22-12-8-19(9-13-22)24-28-23(33-29-24)17-30-15-3-5-20(16-30)25(31)27-14-2-4-18-6-10-21(26)11-7-18/h6-13,20H,2-5,14-17H2,1H3,(H,27,31). The molecule has 1 unspecified atom stereocenters. The molecule has 7 nitrogen and oxygen atoms in total. The van der Waals surface area contributed by atoms with E-state index in [4.69, 9.17) is 9.26 Å². The molecular weight excluding hydrogens is 423 g/mol. The van der Waals surface area contributed by atoms with Crippen LogP contribution in [0.2, 0.25) is 0 Å². The summed E-state index contributed by atoms with van der Waals surface area (Å²) in [7, 11) is 1.63. The Morgan fingerprint density at radius 3 is 2.76 bits per heavy atom. The molecule has 4 rings (SSSR count). The predicted octanol–water partition coefficient (Wildman–Crippen LogP) is 3.85. The number of carbonyl (C=O) groups is 1. The van der Waals surface area contributed by atoms with Crippen LogP contribution in [0.5, 0.6) is 5.75 Å². The molecule has 1 fully saturated rings. The third kappa shape index (κ3) is 6.38. The van der Waals surface area contributed by atoms with Crippen molar-refractivity contribution in [2.45, 2.75) is 32.2 Å². The number of amides is 1. The topological polar surface area (TPSA) is 80.5 Å². The fourth-order valence-corrected chi connectivity index (χ4v) is 4.08. The van der Waals surface area contributed by atoms with Crippen molar-refractivity contribution in [2.75, 3.05) is 26.7 Å². The van der Waals surface area contributed by atoms with Crippen LogP contribution in [0.25, 0.3) is 11.4 Å². The number of hydrogen-bond donors (Lipinski definition) is 1. The van der Waals surface area contributed by atoms with E-state index in [-0.39, 0.29) is 17.6 Å². The number of piperidine rings is 1. The van der Waals surface area contributed by atoms with Gasteiger partial charge in [0.25, 0.3) is 0 Å². The molecule has 0 saturated carbocycles. The van der Waals surface area contributed by atoms with E-state index < -0.39 is 0 Å². The minimum Gasteiger partial charge on any atom is -0.497 e. The van der Waals surface area contributed by atoms with Gasteiger partial charge in [-0.25, -0.2) is 4.39 Å². The van der Waals surface area contributed by atoms with E-state index in [0.717, 1.165) is 49.1 Å². The Morgan fingerprint density at radius 1 is 1.21 bits per heavy atom. The van der Waals surface area contributed by atoms with Gasteiger partial charge in [0.15, 0.2) is 0 Å². The highest BCUT2D eigenvalue weighted by Crippen LogP contribution is 2.22. The number of halogens is 1. The minimum absolute atomic E-state index is 0.0476. The molecule has 1 amide bonds. The van der Waals surface area contributed by atoms with Gasteiger partial charge >= 0.3 is 0 Å². The third-order valence-corrected chi connectivity index (χ3v) is 5.91. The first-order valence-electron chi connectivity index (χ1n) is 11.3. The van der Waals surface area contributed by atoms with Gasteiger partial charge in [-0.3, -0.25) is 9.69 Å². The zero-order chi connectivity index (χ0) is 23.0. The molecule has 1 aromatic heterocycles. The summed E-state index contributed by atoms with van der Waals surface area (Å²) in [5, 5.41) is 7.14. The maximum absolute atomic E-state index is 13.0. The summed E-state index contributed by atoms with van der Waals surface area (Å²) >= 11 is 0. The van der Waals surface area contributed by atoms with Gasteiger partial charge in [-0.2, -0.15) is 4.98 Å². The lowest BCUT2D eigenvalue weighted by molar-refractivity contribution is -0.126. The van der Waals surface area contributed by atoms with Crippen LogP contribution in [0.15, 0.2) is 53.1 Å². The van der Waals surface area contributed by atoms with E-state index in [1.165, 1.54) is 12.1 Å². The Kier molecular flexibility index (Phi) is 7.67. The molecule has 0 radical (unpaired) electrons. The predicted molar refractivity (Wildman–Crippen MR) is 122 cm³/mol. The zero-order valence-electron chi connectivity index (χ0n) is 18.8. The number of nitrogens with one attached hydrogen (secondary N) is 1. The lowest BCUT2D eigenvalue weighted by Crippen LogP contribution is -2.43. The van der Waals surface area contributed by atoms with Gasteiger partial charge < -0.3 is 14.6 Å². The van der Waals surface area contributed by atoms with Gasteiger partial charge in [-0.15, -0.1) is 0 Å². The fraction of sp³-hybridized carbons (Fsp3) is 0.400. The van der Waals surface area contributed by atoms with Gasteiger partial charge in [0, 0.05) is 18.7 Å². The van der Waals surface area contributed by atoms with Gasteiger partial charge in [-0.1, -0.05) is 17.3 Å². The summed E-state index contributed by atoms with van der Waals surface area (Å²) in [5.74, 6) is 1.67. The van der Waals surface area contributed by atoms with Gasteiger partial charge in [-0.05, 0) is 74.2 Å². The van der Waals surface area contributed by atoms with Crippen LogP contribution < -0.4 is 10.1 Å². The van der Waals surface area contributed by atoms with Crippen LogP contribution in [0.1, 0.15) is 30.7 Å².